The van der Waals surface area contributed by atoms with Crippen molar-refractivity contribution in [2.24, 2.45) is 0 Å². The molecule has 0 spiro atoms. The summed E-state index contributed by atoms with van der Waals surface area (Å²) in [6.45, 7) is 3.13. The van der Waals surface area contributed by atoms with Gasteiger partial charge < -0.3 is 24.2 Å². The van der Waals surface area contributed by atoms with Gasteiger partial charge in [0.1, 0.15) is 18.1 Å². The summed E-state index contributed by atoms with van der Waals surface area (Å²) < 4.78 is 107. The summed E-state index contributed by atoms with van der Waals surface area (Å²) in [5, 5.41) is 9.22. The molecule has 1 N–H and O–H groups in total. The Balaban J connectivity index is 2.00. The molecule has 0 radical (unpaired) electrons. The van der Waals surface area contributed by atoms with Crippen LogP contribution in [-0.2, 0) is 16.0 Å². The fraction of sp³-hybridized carbons (Fsp3) is 0.500. The van der Waals surface area contributed by atoms with E-state index in [-0.39, 0.29) is 44.9 Å². The van der Waals surface area contributed by atoms with Crippen LogP contribution in [0.5, 0.6) is 11.5 Å². The van der Waals surface area contributed by atoms with Crippen molar-refractivity contribution in [3.05, 3.63) is 59.7 Å². The predicted octanol–water partition coefficient (Wildman–Crippen LogP) is 6.91. The second-order valence-corrected chi connectivity index (χ2v) is 9.38. The van der Waals surface area contributed by atoms with E-state index in [4.69, 9.17) is 14.2 Å². The lowest BCUT2D eigenvalue weighted by atomic mass is 10.0. The lowest BCUT2D eigenvalue weighted by molar-refractivity contribution is -0.355. The Morgan fingerprint density at radius 2 is 1.60 bits per heavy atom. The Morgan fingerprint density at radius 3 is 2.17 bits per heavy atom. The first-order valence-corrected chi connectivity index (χ1v) is 13.0. The van der Waals surface area contributed by atoms with E-state index in [9.17, 15) is 45.4 Å². The van der Waals surface area contributed by atoms with Gasteiger partial charge in [-0.05, 0) is 62.1 Å². The summed E-state index contributed by atoms with van der Waals surface area (Å²) in [6.07, 6.45) is -11.0. The van der Waals surface area contributed by atoms with Gasteiger partial charge in [-0.2, -0.15) is 30.7 Å². The molecule has 234 valence electrons. The van der Waals surface area contributed by atoms with Crippen LogP contribution in [0, 0.1) is 6.92 Å². The number of nitrogens with zero attached hydrogens (tertiary/aromatic N) is 1. The highest BCUT2D eigenvalue weighted by Crippen LogP contribution is 2.48. The summed E-state index contributed by atoms with van der Waals surface area (Å²) in [5.74, 6) is -12.1. The first-order chi connectivity index (χ1) is 19.6. The van der Waals surface area contributed by atoms with Crippen LogP contribution in [0.25, 0.3) is 0 Å². The topological polar surface area (TPSA) is 85.3 Å². The fourth-order valence-electron chi connectivity index (χ4n) is 3.78. The van der Waals surface area contributed by atoms with Crippen molar-refractivity contribution in [1.29, 1.82) is 0 Å². The summed E-state index contributed by atoms with van der Waals surface area (Å²) in [5.41, 5.74) is 1.45. The van der Waals surface area contributed by atoms with Crippen molar-refractivity contribution < 1.29 is 59.6 Å². The van der Waals surface area contributed by atoms with Gasteiger partial charge in [0, 0.05) is 26.0 Å². The third-order valence-electron chi connectivity index (χ3n) is 6.05. The van der Waals surface area contributed by atoms with E-state index in [2.05, 4.69) is 0 Å². The van der Waals surface area contributed by atoms with E-state index in [1.54, 1.807) is 56.3 Å². The van der Waals surface area contributed by atoms with Crippen LogP contribution in [0.4, 0.5) is 35.5 Å². The molecule has 42 heavy (non-hydrogen) atoms. The third kappa shape index (κ3) is 10.1. The van der Waals surface area contributed by atoms with Gasteiger partial charge >= 0.3 is 30.1 Å². The molecule has 2 aromatic carbocycles. The zero-order valence-electron chi connectivity index (χ0n) is 22.9. The number of ether oxygens (including phenoxy) is 3. The Bertz CT molecular complexity index is 1160. The molecule has 0 fully saturated rings. The van der Waals surface area contributed by atoms with Crippen molar-refractivity contribution in [2.45, 2.75) is 63.7 Å². The van der Waals surface area contributed by atoms with Crippen LogP contribution in [-0.4, -0.2) is 72.5 Å². The fourth-order valence-corrected chi connectivity index (χ4v) is 3.78. The minimum atomic E-state index is -6.41. The standard InChI is InChI=1S/C28H32F7NO6/c1-3-40-23(24(37)38)18-20-9-11-21(12-10-20)41-16-15-36(25(39)42-22-8-6-7-19(2)17-22)14-5-4-13-26(29,30)27(31,32)28(33,34)35/h6-12,17,23H,3-5,13-16,18H2,1-2H3,(H,37,38). The maximum atomic E-state index is 13.6. The number of hydrogen-bond donors (Lipinski definition) is 1. The van der Waals surface area contributed by atoms with Gasteiger partial charge in [-0.3, -0.25) is 0 Å². The molecule has 1 unspecified atom stereocenters. The number of alkyl halides is 7. The minimum absolute atomic E-state index is 0.110. The SMILES string of the molecule is CCOC(Cc1ccc(OCCN(CCCCC(F)(F)C(F)(F)C(F)(F)F)C(=O)Oc2cccc(C)c2)cc1)C(=O)O. The first kappa shape index (κ1) is 34.7. The maximum absolute atomic E-state index is 13.6. The lowest BCUT2D eigenvalue weighted by Gasteiger charge is -2.28. The van der Waals surface area contributed by atoms with Crippen LogP contribution in [0.2, 0.25) is 0 Å². The molecule has 0 saturated heterocycles. The quantitative estimate of drug-likeness (QED) is 0.164. The van der Waals surface area contributed by atoms with Crippen molar-refractivity contribution in [2.75, 3.05) is 26.3 Å². The zero-order valence-corrected chi connectivity index (χ0v) is 22.9. The van der Waals surface area contributed by atoms with E-state index < -0.39 is 49.0 Å². The van der Waals surface area contributed by atoms with Crippen LogP contribution in [0.1, 0.15) is 37.3 Å². The normalized spacial score (nSPS) is 13.0. The molecule has 0 bridgehead atoms. The highest BCUT2D eigenvalue weighted by atomic mass is 19.4. The Hall–Kier alpha value is -3.55. The van der Waals surface area contributed by atoms with Crippen LogP contribution in [0.3, 0.4) is 0 Å². The molecule has 0 saturated carbocycles. The zero-order chi connectivity index (χ0) is 31.6. The lowest BCUT2D eigenvalue weighted by Crippen LogP contribution is -2.51. The smallest absolute Gasteiger partial charge is 0.459 e. The average molecular weight is 612 g/mol. The second-order valence-electron chi connectivity index (χ2n) is 9.38. The predicted molar refractivity (Wildman–Crippen MR) is 137 cm³/mol. The molecule has 14 heteroatoms. The number of carboxylic acids is 1. The average Bonchev–Trinajstić information content (AvgIpc) is 2.89. The van der Waals surface area contributed by atoms with Gasteiger partial charge in [0.25, 0.3) is 0 Å². The number of carbonyl (C=O) groups is 2. The molecule has 0 aliphatic heterocycles. The van der Waals surface area contributed by atoms with Gasteiger partial charge in [0.2, 0.25) is 0 Å². The van der Waals surface area contributed by atoms with Crippen molar-refractivity contribution >= 4 is 12.1 Å². The van der Waals surface area contributed by atoms with Crippen LogP contribution in [0.15, 0.2) is 48.5 Å². The van der Waals surface area contributed by atoms with Crippen molar-refractivity contribution in [3.63, 3.8) is 0 Å². The van der Waals surface area contributed by atoms with Gasteiger partial charge in [0.15, 0.2) is 6.10 Å². The van der Waals surface area contributed by atoms with Crippen LogP contribution < -0.4 is 9.47 Å². The number of unbranched alkanes of at least 4 members (excludes halogenated alkanes) is 1. The molecular formula is C28H32F7NO6. The monoisotopic (exact) mass is 611 g/mol. The summed E-state index contributed by atoms with van der Waals surface area (Å²) >= 11 is 0. The summed E-state index contributed by atoms with van der Waals surface area (Å²) in [4.78, 5) is 25.1. The van der Waals surface area contributed by atoms with E-state index >= 15 is 0 Å². The van der Waals surface area contributed by atoms with Crippen LogP contribution >= 0.6 is 0 Å². The molecule has 2 rings (SSSR count). The van der Waals surface area contributed by atoms with Gasteiger partial charge in [0.05, 0.1) is 6.54 Å². The van der Waals surface area contributed by atoms with Gasteiger partial charge in [-0.1, -0.05) is 24.3 Å². The molecule has 0 aliphatic carbocycles. The van der Waals surface area contributed by atoms with E-state index in [0.29, 0.717) is 11.3 Å². The minimum Gasteiger partial charge on any atom is -0.492 e. The first-order valence-electron chi connectivity index (χ1n) is 13.0. The van der Waals surface area contributed by atoms with Crippen molar-refractivity contribution in [1.82, 2.24) is 4.90 Å². The Morgan fingerprint density at radius 1 is 0.929 bits per heavy atom. The number of rotatable bonds is 16. The largest absolute Gasteiger partial charge is 0.492 e. The number of halogens is 7. The Kier molecular flexibility index (Phi) is 12.4. The third-order valence-corrected chi connectivity index (χ3v) is 6.05. The highest BCUT2D eigenvalue weighted by Gasteiger charge is 2.72. The maximum Gasteiger partial charge on any atom is 0.459 e. The molecule has 0 aromatic heterocycles. The molecule has 7 nitrogen and oxygen atoms in total. The Labute approximate surface area is 238 Å². The number of amides is 1. The van der Waals surface area contributed by atoms with E-state index in [1.165, 1.54) is 6.07 Å². The number of aryl methyl sites for hydroxylation is 1. The number of aliphatic carboxylic acids is 1. The number of hydrogen-bond acceptors (Lipinski definition) is 5. The van der Waals surface area contributed by atoms with Gasteiger partial charge in [-0.15, -0.1) is 0 Å². The molecule has 2 aromatic rings. The molecule has 0 aliphatic rings. The molecular weight excluding hydrogens is 579 g/mol. The molecule has 0 heterocycles. The summed E-state index contributed by atoms with van der Waals surface area (Å²) in [7, 11) is 0. The van der Waals surface area contributed by atoms with E-state index in [0.717, 1.165) is 10.5 Å². The highest BCUT2D eigenvalue weighted by molar-refractivity contribution is 5.72. The number of benzene rings is 2. The number of carboxylic acid groups (broad SMARTS) is 1. The van der Waals surface area contributed by atoms with Crippen molar-refractivity contribution in [3.8, 4) is 11.5 Å². The molecule has 1 amide bonds. The van der Waals surface area contributed by atoms with Gasteiger partial charge in [-0.25, -0.2) is 9.59 Å². The second kappa shape index (κ2) is 15.1. The van der Waals surface area contributed by atoms with E-state index in [1.807, 2.05) is 0 Å². The number of carbonyl (C=O) groups excluding carboxylic acids is 1. The summed E-state index contributed by atoms with van der Waals surface area (Å²) in [6, 6.07) is 12.8. The molecule has 1 atom stereocenters.